The summed E-state index contributed by atoms with van der Waals surface area (Å²) in [5.41, 5.74) is -0.263. The first-order valence-corrected chi connectivity index (χ1v) is 5.18. The summed E-state index contributed by atoms with van der Waals surface area (Å²) in [4.78, 5) is 10.5. The van der Waals surface area contributed by atoms with Crippen LogP contribution in [0.15, 0.2) is 15.0 Å². The number of carboxylic acids is 1. The predicted octanol–water partition coefficient (Wildman–Crippen LogP) is 2.61. The Kier molecular flexibility index (Phi) is 3.80. The van der Waals surface area contributed by atoms with Gasteiger partial charge in [0.05, 0.1) is 4.47 Å². The smallest absolute Gasteiger partial charge is 0.337 e. The molecule has 0 amide bonds. The van der Waals surface area contributed by atoms with Gasteiger partial charge in [-0.2, -0.15) is 0 Å². The lowest BCUT2D eigenvalue weighted by Crippen LogP contribution is -2.13. The fraction of sp³-hybridized carbons (Fsp3) is 0.125. The summed E-state index contributed by atoms with van der Waals surface area (Å²) in [6.07, 6.45) is -1.93. The van der Waals surface area contributed by atoms with Crippen LogP contribution in [0, 0.1) is 11.6 Å². The Balaban J connectivity index is 3.42. The maximum atomic E-state index is 13.0. The van der Waals surface area contributed by atoms with Crippen molar-refractivity contribution >= 4 is 37.8 Å². The molecule has 0 spiro atoms. The summed E-state index contributed by atoms with van der Waals surface area (Å²) in [7, 11) is 0. The second-order valence-electron chi connectivity index (χ2n) is 2.62. The molecular formula is C8H4Br2F2O3. The minimum Gasteiger partial charge on any atom is -0.479 e. The van der Waals surface area contributed by atoms with E-state index in [9.17, 15) is 18.7 Å². The summed E-state index contributed by atoms with van der Waals surface area (Å²) in [5.74, 6) is -3.94. The van der Waals surface area contributed by atoms with E-state index in [0.717, 1.165) is 6.07 Å². The quantitative estimate of drug-likeness (QED) is 0.640. The second kappa shape index (κ2) is 4.54. The number of aliphatic hydroxyl groups is 1. The number of carbonyl (C=O) groups is 1. The Bertz CT molecular complexity index is 423. The first-order valence-electron chi connectivity index (χ1n) is 3.60. The maximum Gasteiger partial charge on any atom is 0.337 e. The molecule has 2 N–H and O–H groups in total. The minimum atomic E-state index is -1.93. The average molecular weight is 346 g/mol. The van der Waals surface area contributed by atoms with Crippen molar-refractivity contribution in [2.75, 3.05) is 0 Å². The van der Waals surface area contributed by atoms with E-state index in [2.05, 4.69) is 31.9 Å². The minimum absolute atomic E-state index is 0.0248. The van der Waals surface area contributed by atoms with Gasteiger partial charge in [0.2, 0.25) is 0 Å². The Morgan fingerprint density at radius 1 is 1.40 bits per heavy atom. The van der Waals surface area contributed by atoms with Crippen molar-refractivity contribution in [1.29, 1.82) is 0 Å². The number of hydrogen-bond donors (Lipinski definition) is 2. The molecule has 0 bridgehead atoms. The van der Waals surface area contributed by atoms with Crippen LogP contribution in [0.4, 0.5) is 8.78 Å². The highest BCUT2D eigenvalue weighted by atomic mass is 79.9. The van der Waals surface area contributed by atoms with Gasteiger partial charge < -0.3 is 10.2 Å². The lowest BCUT2D eigenvalue weighted by Gasteiger charge is -2.11. The van der Waals surface area contributed by atoms with Crippen molar-refractivity contribution in [3.63, 3.8) is 0 Å². The molecule has 0 aromatic heterocycles. The highest BCUT2D eigenvalue weighted by molar-refractivity contribution is 9.11. The van der Waals surface area contributed by atoms with E-state index < -0.39 is 28.2 Å². The van der Waals surface area contributed by atoms with Crippen LogP contribution in [0.25, 0.3) is 0 Å². The Labute approximate surface area is 100.0 Å². The molecule has 0 saturated heterocycles. The van der Waals surface area contributed by atoms with E-state index in [0.29, 0.717) is 0 Å². The molecule has 0 fully saturated rings. The van der Waals surface area contributed by atoms with Crippen molar-refractivity contribution in [2.24, 2.45) is 0 Å². The molecule has 0 saturated carbocycles. The van der Waals surface area contributed by atoms with Gasteiger partial charge >= 0.3 is 5.97 Å². The van der Waals surface area contributed by atoms with E-state index in [-0.39, 0.29) is 10.0 Å². The van der Waals surface area contributed by atoms with Gasteiger partial charge in [0.15, 0.2) is 17.7 Å². The van der Waals surface area contributed by atoms with E-state index in [1.165, 1.54) is 0 Å². The Hall–Kier alpha value is -0.530. The molecule has 82 valence electrons. The third-order valence-electron chi connectivity index (χ3n) is 1.66. The number of aliphatic carboxylic acids is 1. The number of halogens is 4. The SMILES string of the molecule is O=C(O)C(O)c1c(Br)cc(F)c(F)c1Br. The molecule has 1 aromatic rings. The molecule has 1 atom stereocenters. The molecular weight excluding hydrogens is 342 g/mol. The van der Waals surface area contributed by atoms with Crippen molar-refractivity contribution in [1.82, 2.24) is 0 Å². The molecule has 0 heterocycles. The van der Waals surface area contributed by atoms with Gasteiger partial charge in [0, 0.05) is 10.0 Å². The van der Waals surface area contributed by atoms with E-state index in [4.69, 9.17) is 5.11 Å². The molecule has 1 rings (SSSR count). The highest BCUT2D eigenvalue weighted by Gasteiger charge is 2.25. The predicted molar refractivity (Wildman–Crippen MR) is 54.4 cm³/mol. The van der Waals surface area contributed by atoms with Gasteiger partial charge in [0.1, 0.15) is 0 Å². The summed E-state index contributed by atoms with van der Waals surface area (Å²) in [6, 6.07) is 0.752. The number of hydrogen-bond acceptors (Lipinski definition) is 2. The van der Waals surface area contributed by atoms with Crippen molar-refractivity contribution < 1.29 is 23.8 Å². The summed E-state index contributed by atoms with van der Waals surface area (Å²) in [6.45, 7) is 0. The first-order chi connectivity index (χ1) is 6.86. The van der Waals surface area contributed by atoms with Crippen LogP contribution in [0.3, 0.4) is 0 Å². The van der Waals surface area contributed by atoms with Gasteiger partial charge in [-0.05, 0) is 22.0 Å². The van der Waals surface area contributed by atoms with Crippen LogP contribution in [-0.4, -0.2) is 16.2 Å². The lowest BCUT2D eigenvalue weighted by molar-refractivity contribution is -0.147. The molecule has 3 nitrogen and oxygen atoms in total. The van der Waals surface area contributed by atoms with Gasteiger partial charge in [-0.3, -0.25) is 0 Å². The zero-order valence-electron chi connectivity index (χ0n) is 6.97. The zero-order chi connectivity index (χ0) is 11.7. The summed E-state index contributed by atoms with van der Waals surface area (Å²) in [5, 5.41) is 17.8. The summed E-state index contributed by atoms with van der Waals surface area (Å²) >= 11 is 5.52. The molecule has 15 heavy (non-hydrogen) atoms. The molecule has 7 heteroatoms. The topological polar surface area (TPSA) is 57.5 Å². The highest BCUT2D eigenvalue weighted by Crippen LogP contribution is 2.34. The molecule has 0 radical (unpaired) electrons. The van der Waals surface area contributed by atoms with Crippen molar-refractivity contribution in [3.05, 3.63) is 32.2 Å². The number of carboxylic acid groups (broad SMARTS) is 1. The van der Waals surface area contributed by atoms with Crippen LogP contribution >= 0.6 is 31.9 Å². The van der Waals surface area contributed by atoms with Crippen LogP contribution in [-0.2, 0) is 4.79 Å². The Morgan fingerprint density at radius 3 is 2.40 bits per heavy atom. The van der Waals surface area contributed by atoms with E-state index in [1.807, 2.05) is 0 Å². The van der Waals surface area contributed by atoms with Crippen LogP contribution < -0.4 is 0 Å². The normalized spacial score (nSPS) is 12.6. The zero-order valence-corrected chi connectivity index (χ0v) is 10.1. The van der Waals surface area contributed by atoms with Crippen molar-refractivity contribution in [3.8, 4) is 0 Å². The van der Waals surface area contributed by atoms with Crippen LogP contribution in [0.5, 0.6) is 0 Å². The largest absolute Gasteiger partial charge is 0.479 e. The third-order valence-corrected chi connectivity index (χ3v) is 3.09. The first kappa shape index (κ1) is 12.5. The molecule has 1 aromatic carbocycles. The van der Waals surface area contributed by atoms with E-state index in [1.54, 1.807) is 0 Å². The summed E-state index contributed by atoms with van der Waals surface area (Å²) < 4.78 is 25.4. The van der Waals surface area contributed by atoms with Crippen LogP contribution in [0.1, 0.15) is 11.7 Å². The lowest BCUT2D eigenvalue weighted by atomic mass is 10.1. The fourth-order valence-corrected chi connectivity index (χ4v) is 2.46. The molecule has 0 aliphatic heterocycles. The Morgan fingerprint density at radius 2 is 1.93 bits per heavy atom. The van der Waals surface area contributed by atoms with Crippen molar-refractivity contribution in [2.45, 2.75) is 6.10 Å². The fourth-order valence-electron chi connectivity index (χ4n) is 0.954. The van der Waals surface area contributed by atoms with Gasteiger partial charge in [0.25, 0.3) is 0 Å². The average Bonchev–Trinajstić information content (AvgIpc) is 2.14. The standard InChI is InChI=1S/C8H4Br2F2O3/c9-2-1-3(11)6(12)5(10)4(2)7(13)8(14)15/h1,7,13H,(H,14,15). The van der Waals surface area contributed by atoms with Gasteiger partial charge in [-0.25, -0.2) is 13.6 Å². The number of rotatable bonds is 2. The van der Waals surface area contributed by atoms with Crippen LogP contribution in [0.2, 0.25) is 0 Å². The third kappa shape index (κ3) is 2.35. The van der Waals surface area contributed by atoms with E-state index >= 15 is 0 Å². The molecule has 0 aliphatic rings. The number of aliphatic hydroxyl groups excluding tert-OH is 1. The molecule has 1 unspecified atom stereocenters. The van der Waals surface area contributed by atoms with Gasteiger partial charge in [-0.15, -0.1) is 0 Å². The molecule has 0 aliphatic carbocycles. The monoisotopic (exact) mass is 344 g/mol. The maximum absolute atomic E-state index is 13.0. The number of benzene rings is 1. The second-order valence-corrected chi connectivity index (χ2v) is 4.27. The van der Waals surface area contributed by atoms with Gasteiger partial charge in [-0.1, -0.05) is 15.9 Å².